The van der Waals surface area contributed by atoms with Crippen molar-refractivity contribution in [3.8, 4) is 0 Å². The van der Waals surface area contributed by atoms with Crippen molar-refractivity contribution in [3.63, 3.8) is 0 Å². The van der Waals surface area contributed by atoms with Gasteiger partial charge < -0.3 is 14.2 Å². The number of esters is 3. The lowest BCUT2D eigenvalue weighted by Crippen LogP contribution is -2.30. The van der Waals surface area contributed by atoms with Crippen molar-refractivity contribution >= 4 is 17.9 Å². The molecule has 0 aliphatic heterocycles. The Morgan fingerprint density at radius 2 is 0.600 bits per heavy atom. The molecular weight excluding hydrogens is 805 g/mol. The van der Waals surface area contributed by atoms with E-state index in [2.05, 4.69) is 81.5 Å². The van der Waals surface area contributed by atoms with E-state index in [9.17, 15) is 14.4 Å². The molecule has 376 valence electrons. The van der Waals surface area contributed by atoms with Crippen LogP contribution in [-0.2, 0) is 28.6 Å². The molecule has 0 aromatic rings. The lowest BCUT2D eigenvalue weighted by atomic mass is 10.0. The monoisotopic (exact) mass is 909 g/mol. The second kappa shape index (κ2) is 53.7. The molecule has 0 saturated carbocycles. The van der Waals surface area contributed by atoms with Crippen LogP contribution in [0.15, 0.2) is 60.8 Å². The van der Waals surface area contributed by atoms with Crippen molar-refractivity contribution in [2.24, 2.45) is 0 Å². The van der Waals surface area contributed by atoms with Crippen LogP contribution in [0.4, 0.5) is 0 Å². The first kappa shape index (κ1) is 62.1. The summed E-state index contributed by atoms with van der Waals surface area (Å²) >= 11 is 0. The molecule has 0 saturated heterocycles. The van der Waals surface area contributed by atoms with E-state index in [0.29, 0.717) is 19.3 Å². The highest BCUT2D eigenvalue weighted by Gasteiger charge is 2.19. The first-order chi connectivity index (χ1) is 32.0. The number of allylic oxidation sites excluding steroid dienone is 10. The van der Waals surface area contributed by atoms with Crippen molar-refractivity contribution in [1.82, 2.24) is 0 Å². The Morgan fingerprint density at radius 3 is 0.938 bits per heavy atom. The van der Waals surface area contributed by atoms with Crippen LogP contribution in [0.1, 0.15) is 278 Å². The van der Waals surface area contributed by atoms with E-state index < -0.39 is 6.10 Å². The fraction of sp³-hybridized carbons (Fsp3) is 0.780. The van der Waals surface area contributed by atoms with E-state index in [1.54, 1.807) is 0 Å². The highest BCUT2D eigenvalue weighted by molar-refractivity contribution is 5.71. The molecule has 0 aromatic carbocycles. The van der Waals surface area contributed by atoms with E-state index in [1.165, 1.54) is 141 Å². The van der Waals surface area contributed by atoms with Crippen LogP contribution in [0.2, 0.25) is 0 Å². The number of carbonyl (C=O) groups is 3. The van der Waals surface area contributed by atoms with Gasteiger partial charge in [0.25, 0.3) is 0 Å². The maximum atomic E-state index is 12.8. The average molecular weight is 909 g/mol. The van der Waals surface area contributed by atoms with Crippen molar-refractivity contribution < 1.29 is 28.6 Å². The van der Waals surface area contributed by atoms with E-state index >= 15 is 0 Å². The Bertz CT molecular complexity index is 1180. The van der Waals surface area contributed by atoms with Crippen LogP contribution < -0.4 is 0 Å². The Balaban J connectivity index is 4.41. The third-order valence-electron chi connectivity index (χ3n) is 12.0. The Labute approximate surface area is 402 Å². The quantitative estimate of drug-likeness (QED) is 0.0262. The fourth-order valence-corrected chi connectivity index (χ4v) is 7.88. The normalized spacial score (nSPS) is 12.5. The minimum absolute atomic E-state index is 0.0809. The van der Waals surface area contributed by atoms with Crippen molar-refractivity contribution in [2.45, 2.75) is 284 Å². The van der Waals surface area contributed by atoms with Gasteiger partial charge in [0, 0.05) is 19.3 Å². The van der Waals surface area contributed by atoms with Gasteiger partial charge in [-0.2, -0.15) is 0 Å². The molecule has 6 heteroatoms. The van der Waals surface area contributed by atoms with Crippen molar-refractivity contribution in [1.29, 1.82) is 0 Å². The Morgan fingerprint density at radius 1 is 0.323 bits per heavy atom. The van der Waals surface area contributed by atoms with Gasteiger partial charge in [0.1, 0.15) is 13.2 Å². The second-order valence-corrected chi connectivity index (χ2v) is 18.5. The number of ether oxygens (including phenoxy) is 3. The van der Waals surface area contributed by atoms with Crippen LogP contribution in [0.3, 0.4) is 0 Å². The third-order valence-corrected chi connectivity index (χ3v) is 12.0. The molecular formula is C59H104O6. The molecule has 0 bridgehead atoms. The fourth-order valence-electron chi connectivity index (χ4n) is 7.88. The summed E-state index contributed by atoms with van der Waals surface area (Å²) in [7, 11) is 0. The summed E-state index contributed by atoms with van der Waals surface area (Å²) in [5.41, 5.74) is 0. The first-order valence-corrected chi connectivity index (χ1v) is 27.8. The maximum Gasteiger partial charge on any atom is 0.306 e. The topological polar surface area (TPSA) is 78.9 Å². The van der Waals surface area contributed by atoms with Gasteiger partial charge in [0.2, 0.25) is 0 Å². The van der Waals surface area contributed by atoms with E-state index in [0.717, 1.165) is 96.3 Å². The molecule has 0 rings (SSSR count). The maximum absolute atomic E-state index is 12.8. The molecule has 65 heavy (non-hydrogen) atoms. The molecule has 0 fully saturated rings. The van der Waals surface area contributed by atoms with Gasteiger partial charge in [0.15, 0.2) is 6.10 Å². The number of hydrogen-bond donors (Lipinski definition) is 0. The van der Waals surface area contributed by atoms with Crippen LogP contribution in [0, 0.1) is 0 Å². The molecule has 1 unspecified atom stereocenters. The van der Waals surface area contributed by atoms with Crippen LogP contribution in [0.5, 0.6) is 0 Å². The minimum atomic E-state index is -0.784. The predicted molar refractivity (Wildman–Crippen MR) is 279 cm³/mol. The lowest BCUT2D eigenvalue weighted by Gasteiger charge is -2.18. The molecule has 0 aromatic heterocycles. The Hall–Kier alpha value is -2.89. The van der Waals surface area contributed by atoms with E-state index in [1.807, 2.05) is 0 Å². The average Bonchev–Trinajstić information content (AvgIpc) is 3.30. The van der Waals surface area contributed by atoms with Crippen molar-refractivity contribution in [3.05, 3.63) is 60.8 Å². The number of carbonyl (C=O) groups excluding carboxylic acids is 3. The third kappa shape index (κ3) is 51.9. The smallest absolute Gasteiger partial charge is 0.306 e. The molecule has 0 aliphatic rings. The number of hydrogen-bond acceptors (Lipinski definition) is 6. The zero-order valence-electron chi connectivity index (χ0n) is 43.0. The molecule has 0 heterocycles. The first-order valence-electron chi connectivity index (χ1n) is 27.8. The van der Waals surface area contributed by atoms with E-state index in [-0.39, 0.29) is 31.1 Å². The molecule has 1 atom stereocenters. The highest BCUT2D eigenvalue weighted by atomic mass is 16.6. The molecule has 6 nitrogen and oxygen atoms in total. The SMILES string of the molecule is CC/C=C\C/C=C\C/C=C\C/C=C\C/C=C\CCCCCC(=O)OCC(COC(=O)CCCCCCCCCCCCCCC)OC(=O)CCCCCCCCCCCCCCCCC. The van der Waals surface area contributed by atoms with Crippen LogP contribution in [0.25, 0.3) is 0 Å². The summed E-state index contributed by atoms with van der Waals surface area (Å²) in [5.74, 6) is -0.902. The molecule has 0 aliphatic carbocycles. The zero-order chi connectivity index (χ0) is 47.2. The second-order valence-electron chi connectivity index (χ2n) is 18.5. The molecule has 0 spiro atoms. The van der Waals surface area contributed by atoms with Gasteiger partial charge in [-0.15, -0.1) is 0 Å². The van der Waals surface area contributed by atoms with Gasteiger partial charge >= 0.3 is 17.9 Å². The minimum Gasteiger partial charge on any atom is -0.462 e. The molecule has 0 N–H and O–H groups in total. The van der Waals surface area contributed by atoms with Gasteiger partial charge in [-0.3, -0.25) is 14.4 Å². The summed E-state index contributed by atoms with van der Waals surface area (Å²) in [5, 5.41) is 0. The Kier molecular flexibility index (Phi) is 51.3. The summed E-state index contributed by atoms with van der Waals surface area (Å²) in [6, 6.07) is 0. The largest absolute Gasteiger partial charge is 0.462 e. The van der Waals surface area contributed by atoms with Gasteiger partial charge in [0.05, 0.1) is 0 Å². The van der Waals surface area contributed by atoms with Gasteiger partial charge in [-0.25, -0.2) is 0 Å². The summed E-state index contributed by atoms with van der Waals surface area (Å²) in [6.07, 6.45) is 66.3. The van der Waals surface area contributed by atoms with Crippen molar-refractivity contribution in [2.75, 3.05) is 13.2 Å². The van der Waals surface area contributed by atoms with Crippen LogP contribution in [-0.4, -0.2) is 37.2 Å². The number of unbranched alkanes of at least 4 members (excludes halogenated alkanes) is 29. The zero-order valence-corrected chi connectivity index (χ0v) is 43.0. The standard InChI is InChI=1S/C59H104O6/c1-4-7-10-13-16-19-22-25-27-28-29-30-32-34-37-40-43-46-49-52-58(61)64-55-56(54-63-57(60)51-48-45-42-39-36-33-24-21-18-15-12-9-6-3)65-59(62)53-50-47-44-41-38-35-31-26-23-20-17-14-11-8-5-2/h7,10,16,19,25,27,29-30,34,37,56H,4-6,8-9,11-15,17-18,20-24,26,28,31-33,35-36,38-55H2,1-3H3/b10-7-,19-16-,27-25-,30-29-,37-34-. The van der Waals surface area contributed by atoms with Crippen LogP contribution >= 0.6 is 0 Å². The summed E-state index contributed by atoms with van der Waals surface area (Å²) in [4.78, 5) is 38.1. The lowest BCUT2D eigenvalue weighted by molar-refractivity contribution is -0.167. The highest BCUT2D eigenvalue weighted by Crippen LogP contribution is 2.16. The van der Waals surface area contributed by atoms with Gasteiger partial charge in [-0.1, -0.05) is 255 Å². The molecule has 0 amide bonds. The van der Waals surface area contributed by atoms with Gasteiger partial charge in [-0.05, 0) is 64.2 Å². The summed E-state index contributed by atoms with van der Waals surface area (Å²) < 4.78 is 16.8. The summed E-state index contributed by atoms with van der Waals surface area (Å²) in [6.45, 7) is 6.52. The van der Waals surface area contributed by atoms with E-state index in [4.69, 9.17) is 14.2 Å². The predicted octanol–water partition coefficient (Wildman–Crippen LogP) is 18.4. The molecule has 0 radical (unpaired) electrons. The number of rotatable bonds is 50.